The van der Waals surface area contributed by atoms with Gasteiger partial charge in [0.15, 0.2) is 0 Å². The van der Waals surface area contributed by atoms with Crippen LogP contribution in [0.15, 0.2) is 35.4 Å². The van der Waals surface area contributed by atoms with E-state index in [1.807, 2.05) is 10.9 Å². The quantitative estimate of drug-likeness (QED) is 0.651. The molecule has 1 aromatic heterocycles. The average Bonchev–Trinajstić information content (AvgIpc) is 3.45. The van der Waals surface area contributed by atoms with Gasteiger partial charge in [-0.25, -0.2) is 13.1 Å². The van der Waals surface area contributed by atoms with Crippen molar-refractivity contribution in [2.75, 3.05) is 6.61 Å². The van der Waals surface area contributed by atoms with E-state index < -0.39 is 22.2 Å². The lowest BCUT2D eigenvalue weighted by Crippen LogP contribution is -2.50. The second-order valence-electron chi connectivity index (χ2n) is 7.71. The number of sulfonamides is 1. The third-order valence-corrected chi connectivity index (χ3v) is 7.22. The summed E-state index contributed by atoms with van der Waals surface area (Å²) in [5.41, 5.74) is 1.06. The van der Waals surface area contributed by atoms with Crippen LogP contribution in [0.1, 0.15) is 43.7 Å². The number of nitrogens with zero attached hydrogens (tertiary/aromatic N) is 3. The van der Waals surface area contributed by atoms with Crippen LogP contribution in [0.25, 0.3) is 0 Å². The van der Waals surface area contributed by atoms with Crippen molar-refractivity contribution in [3.05, 3.63) is 41.2 Å². The lowest BCUT2D eigenvalue weighted by molar-refractivity contribution is -0.0891. The summed E-state index contributed by atoms with van der Waals surface area (Å²) in [7, 11) is -3.71. The molecule has 0 radical (unpaired) electrons. The summed E-state index contributed by atoms with van der Waals surface area (Å²) in [6, 6.07) is 5.50. The number of aliphatic hydroxyl groups excluding tert-OH is 1. The summed E-state index contributed by atoms with van der Waals surface area (Å²) in [6.45, 7) is 0.434. The van der Waals surface area contributed by atoms with Crippen LogP contribution in [0.4, 0.5) is 0 Å². The van der Waals surface area contributed by atoms with Gasteiger partial charge in [-0.15, -0.1) is 5.10 Å². The molecule has 0 spiro atoms. The van der Waals surface area contributed by atoms with Crippen LogP contribution >= 0.6 is 11.6 Å². The third kappa shape index (κ3) is 5.16. The highest BCUT2D eigenvalue weighted by molar-refractivity contribution is 7.89. The van der Waals surface area contributed by atoms with Crippen LogP contribution in [-0.2, 0) is 21.3 Å². The van der Waals surface area contributed by atoms with Crippen molar-refractivity contribution in [1.82, 2.24) is 19.7 Å². The van der Waals surface area contributed by atoms with Gasteiger partial charge in [0.2, 0.25) is 10.0 Å². The molecule has 158 valence electrons. The van der Waals surface area contributed by atoms with Gasteiger partial charge >= 0.3 is 0 Å². The Balaban J connectivity index is 1.32. The Morgan fingerprint density at radius 2 is 1.97 bits per heavy atom. The molecule has 0 unspecified atom stereocenters. The van der Waals surface area contributed by atoms with E-state index in [1.54, 1.807) is 0 Å². The Labute approximate surface area is 175 Å². The average molecular weight is 441 g/mol. The van der Waals surface area contributed by atoms with E-state index in [9.17, 15) is 13.5 Å². The molecule has 2 aromatic rings. The van der Waals surface area contributed by atoms with Gasteiger partial charge < -0.3 is 9.84 Å². The van der Waals surface area contributed by atoms with Crippen molar-refractivity contribution < 1.29 is 18.3 Å². The van der Waals surface area contributed by atoms with Crippen LogP contribution in [-0.4, -0.2) is 53.4 Å². The van der Waals surface area contributed by atoms with Gasteiger partial charge in [0.1, 0.15) is 0 Å². The van der Waals surface area contributed by atoms with E-state index in [1.165, 1.54) is 37.1 Å². The number of hydrogen-bond acceptors (Lipinski definition) is 6. The minimum absolute atomic E-state index is 0.0583. The van der Waals surface area contributed by atoms with Crippen molar-refractivity contribution in [3.8, 4) is 0 Å². The Morgan fingerprint density at radius 1 is 1.21 bits per heavy atom. The highest BCUT2D eigenvalue weighted by Crippen LogP contribution is 2.38. The van der Waals surface area contributed by atoms with Crippen LogP contribution in [0.5, 0.6) is 0 Å². The molecule has 2 heterocycles. The summed E-state index contributed by atoms with van der Waals surface area (Å²) in [5.74, 6) is 0.572. The summed E-state index contributed by atoms with van der Waals surface area (Å²) in [5, 5.41) is 18.6. The lowest BCUT2D eigenvalue weighted by atomic mass is 9.98. The maximum absolute atomic E-state index is 12.6. The molecule has 29 heavy (non-hydrogen) atoms. The first-order valence-electron chi connectivity index (χ1n) is 9.89. The molecule has 2 N–H and O–H groups in total. The summed E-state index contributed by atoms with van der Waals surface area (Å²) >= 11 is 5.83. The number of benzene rings is 1. The molecule has 8 nitrogen and oxygen atoms in total. The predicted molar refractivity (Wildman–Crippen MR) is 107 cm³/mol. The zero-order chi connectivity index (χ0) is 20.4. The first-order chi connectivity index (χ1) is 13.9. The van der Waals surface area contributed by atoms with E-state index in [0.29, 0.717) is 30.3 Å². The van der Waals surface area contributed by atoms with E-state index in [4.69, 9.17) is 16.3 Å². The molecule has 2 aliphatic rings. The van der Waals surface area contributed by atoms with Crippen molar-refractivity contribution in [2.24, 2.45) is 0 Å². The van der Waals surface area contributed by atoms with Gasteiger partial charge in [0, 0.05) is 23.7 Å². The molecule has 1 saturated carbocycles. The Kier molecular flexibility index (Phi) is 6.21. The first-order valence-corrected chi connectivity index (χ1v) is 11.7. The van der Waals surface area contributed by atoms with Gasteiger partial charge in [-0.1, -0.05) is 16.8 Å². The number of ether oxygens (including phenoxy) is 1. The fourth-order valence-electron chi connectivity index (χ4n) is 3.63. The first kappa shape index (κ1) is 20.7. The molecule has 2 fully saturated rings. The maximum atomic E-state index is 12.6. The fraction of sp³-hybridized carbons (Fsp3) is 0.579. The predicted octanol–water partition coefficient (Wildman–Crippen LogP) is 2.09. The number of aryl methyl sites for hydroxylation is 1. The largest absolute Gasteiger partial charge is 0.394 e. The smallest absolute Gasteiger partial charge is 0.240 e. The molecule has 0 amide bonds. The highest BCUT2D eigenvalue weighted by Gasteiger charge is 2.34. The molecule has 4 rings (SSSR count). The molecule has 10 heteroatoms. The monoisotopic (exact) mass is 440 g/mol. The Hall–Kier alpha value is -1.52. The SMILES string of the molecule is O=S(=O)(N[C@H]1CC[C@@H](CCn2cc(C3CC3)nn2)O[C@@H]1CO)c1ccc(Cl)cc1. The normalized spacial score (nSPS) is 25.2. The van der Waals surface area contributed by atoms with Crippen molar-refractivity contribution in [3.63, 3.8) is 0 Å². The molecule has 1 aromatic carbocycles. The van der Waals surface area contributed by atoms with Gasteiger partial charge in [-0.2, -0.15) is 0 Å². The molecular formula is C19H25ClN4O4S. The number of rotatable bonds is 8. The number of aromatic nitrogens is 3. The summed E-state index contributed by atoms with van der Waals surface area (Å²) < 4.78 is 35.7. The third-order valence-electron chi connectivity index (χ3n) is 5.46. The van der Waals surface area contributed by atoms with Crippen LogP contribution in [0, 0.1) is 0 Å². The molecule has 3 atom stereocenters. The van der Waals surface area contributed by atoms with Crippen molar-refractivity contribution in [2.45, 2.75) is 67.7 Å². The number of nitrogens with one attached hydrogen (secondary N) is 1. The van der Waals surface area contributed by atoms with Gasteiger partial charge in [-0.3, -0.25) is 4.68 Å². The van der Waals surface area contributed by atoms with Crippen molar-refractivity contribution >= 4 is 21.6 Å². The number of aliphatic hydroxyl groups is 1. The van der Waals surface area contributed by atoms with Crippen LogP contribution < -0.4 is 4.72 Å². The Bertz CT molecular complexity index is 930. The van der Waals surface area contributed by atoms with Crippen LogP contribution in [0.3, 0.4) is 0 Å². The van der Waals surface area contributed by atoms with Gasteiger partial charge in [-0.05, 0) is 56.4 Å². The van der Waals surface area contributed by atoms with E-state index in [2.05, 4.69) is 15.0 Å². The topological polar surface area (TPSA) is 106 Å². The minimum atomic E-state index is -3.71. The molecule has 1 saturated heterocycles. The van der Waals surface area contributed by atoms with Crippen molar-refractivity contribution in [1.29, 1.82) is 0 Å². The number of halogens is 1. The van der Waals surface area contributed by atoms with E-state index in [-0.39, 0.29) is 17.6 Å². The molecule has 1 aliphatic heterocycles. The van der Waals surface area contributed by atoms with Gasteiger partial charge in [0.05, 0.1) is 35.4 Å². The highest BCUT2D eigenvalue weighted by atomic mass is 35.5. The lowest BCUT2D eigenvalue weighted by Gasteiger charge is -2.36. The minimum Gasteiger partial charge on any atom is -0.394 e. The Morgan fingerprint density at radius 3 is 2.66 bits per heavy atom. The maximum Gasteiger partial charge on any atom is 0.240 e. The fourth-order valence-corrected chi connectivity index (χ4v) is 5.05. The van der Waals surface area contributed by atoms with Crippen LogP contribution in [0.2, 0.25) is 5.02 Å². The van der Waals surface area contributed by atoms with Gasteiger partial charge in [0.25, 0.3) is 0 Å². The second kappa shape index (κ2) is 8.69. The standard InChI is InChI=1S/C19H25ClN4O4S/c20-14-3-6-16(7-4-14)29(26,27)22-17-8-5-15(28-19(17)12-25)9-10-24-11-18(21-23-24)13-1-2-13/h3-4,6-7,11,13,15,17,19,22,25H,1-2,5,8-10,12H2/t15-,17-,19+/m0/s1. The molecule has 1 aliphatic carbocycles. The second-order valence-corrected chi connectivity index (χ2v) is 9.86. The van der Waals surface area contributed by atoms with E-state index in [0.717, 1.165) is 12.1 Å². The number of hydrogen-bond donors (Lipinski definition) is 2. The molecular weight excluding hydrogens is 416 g/mol. The summed E-state index contributed by atoms with van der Waals surface area (Å²) in [6.07, 6.45) is 5.76. The zero-order valence-electron chi connectivity index (χ0n) is 15.9. The zero-order valence-corrected chi connectivity index (χ0v) is 17.5. The van der Waals surface area contributed by atoms with E-state index >= 15 is 0 Å². The molecule has 0 bridgehead atoms. The summed E-state index contributed by atoms with van der Waals surface area (Å²) in [4.78, 5) is 0.137.